The molecule has 0 aliphatic heterocycles. The van der Waals surface area contributed by atoms with Crippen molar-refractivity contribution in [3.05, 3.63) is 65.5 Å². The second-order valence-corrected chi connectivity index (χ2v) is 5.90. The van der Waals surface area contributed by atoms with E-state index < -0.39 is 0 Å². The maximum absolute atomic E-state index is 13.0. The van der Waals surface area contributed by atoms with Crippen LogP contribution in [0.4, 0.5) is 4.39 Å². The molecule has 0 amide bonds. The first-order valence-electron chi connectivity index (χ1n) is 6.78. The Bertz CT molecular complexity index is 783. The fourth-order valence-electron chi connectivity index (χ4n) is 2.12. The molecule has 0 saturated carbocycles. The van der Waals surface area contributed by atoms with Crippen molar-refractivity contribution in [2.24, 2.45) is 0 Å². The minimum absolute atomic E-state index is 0.291. The predicted octanol–water partition coefficient (Wildman–Crippen LogP) is 3.40. The molecule has 2 aromatic carbocycles. The van der Waals surface area contributed by atoms with Crippen molar-refractivity contribution >= 4 is 11.8 Å². The van der Waals surface area contributed by atoms with Crippen LogP contribution in [0.1, 0.15) is 11.1 Å². The molecular formula is C16H15FN4S. The number of halogens is 1. The third-order valence-electron chi connectivity index (χ3n) is 3.22. The van der Waals surface area contributed by atoms with Gasteiger partial charge in [0.1, 0.15) is 5.82 Å². The highest BCUT2D eigenvalue weighted by Gasteiger charge is 2.12. The molecule has 2 N–H and O–H groups in total. The summed E-state index contributed by atoms with van der Waals surface area (Å²) in [5.41, 5.74) is 3.16. The first-order valence-corrected chi connectivity index (χ1v) is 7.77. The van der Waals surface area contributed by atoms with Gasteiger partial charge in [-0.05, 0) is 36.8 Å². The number of hydrogen-bond donors (Lipinski definition) is 1. The molecule has 0 bridgehead atoms. The molecule has 0 unspecified atom stereocenters. The van der Waals surface area contributed by atoms with Crippen molar-refractivity contribution < 1.29 is 4.39 Å². The number of nitrogens with two attached hydrogens (primary N) is 1. The number of aromatic nitrogens is 3. The molecule has 22 heavy (non-hydrogen) atoms. The van der Waals surface area contributed by atoms with Crippen LogP contribution in [0.5, 0.6) is 0 Å². The Morgan fingerprint density at radius 2 is 1.91 bits per heavy atom. The van der Waals surface area contributed by atoms with E-state index >= 15 is 0 Å². The lowest BCUT2D eigenvalue weighted by Crippen LogP contribution is -2.11. The average molecular weight is 314 g/mol. The fourth-order valence-corrected chi connectivity index (χ4v) is 2.92. The quantitative estimate of drug-likeness (QED) is 0.592. The number of nitrogens with zero attached hydrogens (tertiary/aromatic N) is 3. The van der Waals surface area contributed by atoms with Crippen LogP contribution in [0.15, 0.2) is 53.7 Å². The average Bonchev–Trinajstić information content (AvgIpc) is 2.87. The molecule has 4 nitrogen and oxygen atoms in total. The van der Waals surface area contributed by atoms with Crippen molar-refractivity contribution in [3.63, 3.8) is 0 Å². The highest BCUT2D eigenvalue weighted by molar-refractivity contribution is 7.98. The van der Waals surface area contributed by atoms with E-state index in [2.05, 4.69) is 35.3 Å². The molecule has 0 aliphatic rings. The smallest absolute Gasteiger partial charge is 0.210 e. The van der Waals surface area contributed by atoms with Gasteiger partial charge in [0.2, 0.25) is 5.16 Å². The number of rotatable bonds is 4. The fraction of sp³-hybridized carbons (Fsp3) is 0.125. The zero-order valence-corrected chi connectivity index (χ0v) is 12.8. The number of aryl methyl sites for hydroxylation is 1. The van der Waals surface area contributed by atoms with Crippen molar-refractivity contribution in [1.29, 1.82) is 0 Å². The maximum atomic E-state index is 13.0. The SMILES string of the molecule is Cc1cccc(CSc2nnc(-c3ccc(F)cc3)n2N)c1. The molecule has 0 atom stereocenters. The van der Waals surface area contributed by atoms with E-state index in [0.717, 1.165) is 11.3 Å². The summed E-state index contributed by atoms with van der Waals surface area (Å²) >= 11 is 1.52. The highest BCUT2D eigenvalue weighted by Crippen LogP contribution is 2.24. The Morgan fingerprint density at radius 1 is 1.14 bits per heavy atom. The number of thioether (sulfide) groups is 1. The summed E-state index contributed by atoms with van der Waals surface area (Å²) in [4.78, 5) is 0. The molecule has 3 rings (SSSR count). The van der Waals surface area contributed by atoms with Crippen molar-refractivity contribution in [2.75, 3.05) is 5.84 Å². The van der Waals surface area contributed by atoms with E-state index in [1.54, 1.807) is 12.1 Å². The summed E-state index contributed by atoms with van der Waals surface area (Å²) in [6.07, 6.45) is 0. The van der Waals surface area contributed by atoms with Gasteiger partial charge < -0.3 is 5.84 Å². The summed E-state index contributed by atoms with van der Waals surface area (Å²) in [6.45, 7) is 2.06. The van der Waals surface area contributed by atoms with E-state index in [1.165, 1.54) is 39.7 Å². The number of nitrogen functional groups attached to an aromatic ring is 1. The van der Waals surface area contributed by atoms with Crippen LogP contribution in [0.25, 0.3) is 11.4 Å². The minimum Gasteiger partial charge on any atom is -0.335 e. The Morgan fingerprint density at radius 3 is 2.64 bits per heavy atom. The van der Waals surface area contributed by atoms with E-state index in [0.29, 0.717) is 11.0 Å². The van der Waals surface area contributed by atoms with Crippen LogP contribution in [-0.4, -0.2) is 14.9 Å². The Kier molecular flexibility index (Phi) is 4.11. The molecule has 1 heterocycles. The summed E-state index contributed by atoms with van der Waals surface area (Å²) in [5.74, 6) is 7.04. The van der Waals surface area contributed by atoms with Gasteiger partial charge in [0.25, 0.3) is 0 Å². The van der Waals surface area contributed by atoms with Crippen LogP contribution < -0.4 is 5.84 Å². The Hall–Kier alpha value is -2.34. The zero-order valence-electron chi connectivity index (χ0n) is 12.0. The van der Waals surface area contributed by atoms with E-state index in [1.807, 2.05) is 6.07 Å². The lowest BCUT2D eigenvalue weighted by atomic mass is 10.2. The van der Waals surface area contributed by atoms with Crippen LogP contribution in [0, 0.1) is 12.7 Å². The molecule has 6 heteroatoms. The first kappa shape index (κ1) is 14.6. The molecule has 0 fully saturated rings. The van der Waals surface area contributed by atoms with Crippen molar-refractivity contribution in [3.8, 4) is 11.4 Å². The third kappa shape index (κ3) is 3.12. The van der Waals surface area contributed by atoms with Gasteiger partial charge >= 0.3 is 0 Å². The van der Waals surface area contributed by atoms with E-state index in [9.17, 15) is 4.39 Å². The molecule has 0 radical (unpaired) electrons. The Balaban J connectivity index is 1.77. The maximum Gasteiger partial charge on any atom is 0.210 e. The second-order valence-electron chi connectivity index (χ2n) is 4.96. The largest absolute Gasteiger partial charge is 0.335 e. The highest BCUT2D eigenvalue weighted by atomic mass is 32.2. The number of hydrogen-bond acceptors (Lipinski definition) is 4. The summed E-state index contributed by atoms with van der Waals surface area (Å²) in [5, 5.41) is 8.83. The lowest BCUT2D eigenvalue weighted by Gasteiger charge is -2.04. The molecule has 3 aromatic rings. The van der Waals surface area contributed by atoms with Gasteiger partial charge in [0, 0.05) is 11.3 Å². The van der Waals surface area contributed by atoms with Crippen molar-refractivity contribution in [2.45, 2.75) is 17.8 Å². The molecule has 1 aromatic heterocycles. The normalized spacial score (nSPS) is 10.8. The zero-order chi connectivity index (χ0) is 15.5. The van der Waals surface area contributed by atoms with Gasteiger partial charge in [-0.15, -0.1) is 10.2 Å². The topological polar surface area (TPSA) is 56.7 Å². The van der Waals surface area contributed by atoms with Gasteiger partial charge in [0.05, 0.1) is 0 Å². The monoisotopic (exact) mass is 314 g/mol. The van der Waals surface area contributed by atoms with Crippen LogP contribution >= 0.6 is 11.8 Å². The molecule has 0 aliphatic carbocycles. The van der Waals surface area contributed by atoms with Crippen LogP contribution in [-0.2, 0) is 5.75 Å². The van der Waals surface area contributed by atoms with E-state index in [4.69, 9.17) is 5.84 Å². The second kappa shape index (κ2) is 6.19. The first-order chi connectivity index (χ1) is 10.6. The summed E-state index contributed by atoms with van der Waals surface area (Å²) in [6, 6.07) is 14.3. The molecule has 0 saturated heterocycles. The van der Waals surface area contributed by atoms with Gasteiger partial charge in [-0.1, -0.05) is 41.6 Å². The standard InChI is InChI=1S/C16H15FN4S/c1-11-3-2-4-12(9-11)10-22-16-20-19-15(21(16)18)13-5-7-14(17)8-6-13/h2-9H,10,18H2,1H3. The molecule has 112 valence electrons. The molecular weight excluding hydrogens is 299 g/mol. The van der Waals surface area contributed by atoms with Crippen molar-refractivity contribution in [1.82, 2.24) is 14.9 Å². The predicted molar refractivity (Wildman–Crippen MR) is 86.3 cm³/mol. The van der Waals surface area contributed by atoms with Crippen LogP contribution in [0.2, 0.25) is 0 Å². The minimum atomic E-state index is -0.291. The molecule has 0 spiro atoms. The van der Waals surface area contributed by atoms with E-state index in [-0.39, 0.29) is 5.82 Å². The van der Waals surface area contributed by atoms with Gasteiger partial charge in [-0.2, -0.15) is 0 Å². The summed E-state index contributed by atoms with van der Waals surface area (Å²) < 4.78 is 14.4. The lowest BCUT2D eigenvalue weighted by molar-refractivity contribution is 0.628. The van der Waals surface area contributed by atoms with Gasteiger partial charge in [-0.3, -0.25) is 0 Å². The van der Waals surface area contributed by atoms with Crippen LogP contribution in [0.3, 0.4) is 0 Å². The van der Waals surface area contributed by atoms with Gasteiger partial charge in [0.15, 0.2) is 5.82 Å². The Labute approximate surface area is 132 Å². The summed E-state index contributed by atoms with van der Waals surface area (Å²) in [7, 11) is 0. The number of benzene rings is 2. The van der Waals surface area contributed by atoms with Gasteiger partial charge in [-0.25, -0.2) is 9.07 Å². The third-order valence-corrected chi connectivity index (χ3v) is 4.23.